The summed E-state index contributed by atoms with van der Waals surface area (Å²) >= 11 is 0. The van der Waals surface area contributed by atoms with E-state index >= 15 is 0 Å². The van der Waals surface area contributed by atoms with Crippen LogP contribution in [0.15, 0.2) is 41.4 Å². The summed E-state index contributed by atoms with van der Waals surface area (Å²) in [6, 6.07) is 10.6. The molecule has 2 aromatic carbocycles. The van der Waals surface area contributed by atoms with Crippen LogP contribution in [0.25, 0.3) is 0 Å². The van der Waals surface area contributed by atoms with Crippen LogP contribution in [-0.4, -0.2) is 23.5 Å². The number of hydrogen-bond donors (Lipinski definition) is 2. The smallest absolute Gasteiger partial charge is 0.166 e. The van der Waals surface area contributed by atoms with Crippen molar-refractivity contribution in [2.24, 2.45) is 4.99 Å². The predicted molar refractivity (Wildman–Crippen MR) is 88.7 cm³/mol. The SMILES string of the molecule is CC[C@H](C)c1ccc(O)c(N=Cc2cccc(OC)c2O)c1. The Morgan fingerprint density at radius 2 is 2.00 bits per heavy atom. The van der Waals surface area contributed by atoms with Gasteiger partial charge in [0.25, 0.3) is 0 Å². The van der Waals surface area contributed by atoms with Crippen molar-refractivity contribution in [3.05, 3.63) is 47.5 Å². The summed E-state index contributed by atoms with van der Waals surface area (Å²) in [5.74, 6) is 0.943. The third-order valence-corrected chi connectivity index (χ3v) is 3.77. The maximum absolute atomic E-state index is 10.0. The Kier molecular flexibility index (Phi) is 5.04. The molecule has 0 bridgehead atoms. The number of benzene rings is 2. The molecule has 0 saturated heterocycles. The lowest BCUT2D eigenvalue weighted by atomic mass is 9.98. The summed E-state index contributed by atoms with van der Waals surface area (Å²) in [6.07, 6.45) is 2.54. The van der Waals surface area contributed by atoms with E-state index in [4.69, 9.17) is 4.74 Å². The van der Waals surface area contributed by atoms with Crippen LogP contribution in [0.5, 0.6) is 17.2 Å². The molecule has 1 atom stereocenters. The van der Waals surface area contributed by atoms with E-state index in [1.165, 1.54) is 13.3 Å². The van der Waals surface area contributed by atoms with Crippen LogP contribution in [0.3, 0.4) is 0 Å². The summed E-state index contributed by atoms with van der Waals surface area (Å²) in [6.45, 7) is 4.25. The Hall–Kier alpha value is -2.49. The first-order chi connectivity index (χ1) is 10.6. The molecule has 0 radical (unpaired) electrons. The van der Waals surface area contributed by atoms with E-state index in [0.29, 0.717) is 22.9 Å². The van der Waals surface area contributed by atoms with Gasteiger partial charge in [0.15, 0.2) is 11.5 Å². The number of phenols is 2. The van der Waals surface area contributed by atoms with E-state index in [1.807, 2.05) is 12.1 Å². The number of rotatable bonds is 5. The second-order valence-electron chi connectivity index (χ2n) is 5.21. The van der Waals surface area contributed by atoms with Crippen molar-refractivity contribution in [2.45, 2.75) is 26.2 Å². The standard InChI is InChI=1S/C18H21NO3/c1-4-12(2)13-8-9-16(20)15(10-13)19-11-14-6-5-7-17(22-3)18(14)21/h5-12,20-21H,4H2,1-3H3/t12-/m0/s1. The first-order valence-corrected chi connectivity index (χ1v) is 7.29. The average molecular weight is 299 g/mol. The minimum Gasteiger partial charge on any atom is -0.506 e. The molecule has 0 spiro atoms. The molecule has 2 N–H and O–H groups in total. The Labute approximate surface area is 130 Å². The fourth-order valence-corrected chi connectivity index (χ4v) is 2.13. The molecule has 0 unspecified atom stereocenters. The van der Waals surface area contributed by atoms with Gasteiger partial charge in [-0.2, -0.15) is 0 Å². The van der Waals surface area contributed by atoms with Crippen LogP contribution in [0.2, 0.25) is 0 Å². The Morgan fingerprint density at radius 1 is 1.23 bits per heavy atom. The third-order valence-electron chi connectivity index (χ3n) is 3.77. The minimum atomic E-state index is 0.0336. The quantitative estimate of drug-likeness (QED) is 0.806. The maximum Gasteiger partial charge on any atom is 0.166 e. The van der Waals surface area contributed by atoms with Crippen LogP contribution in [-0.2, 0) is 0 Å². The molecule has 22 heavy (non-hydrogen) atoms. The van der Waals surface area contributed by atoms with Gasteiger partial charge in [-0.1, -0.05) is 26.0 Å². The fourth-order valence-electron chi connectivity index (χ4n) is 2.13. The van der Waals surface area contributed by atoms with E-state index in [0.717, 1.165) is 12.0 Å². The monoisotopic (exact) mass is 299 g/mol. The number of phenolic OH excluding ortho intramolecular Hbond substituents is 2. The van der Waals surface area contributed by atoms with Gasteiger partial charge >= 0.3 is 0 Å². The van der Waals surface area contributed by atoms with Crippen molar-refractivity contribution in [3.63, 3.8) is 0 Å². The highest BCUT2D eigenvalue weighted by molar-refractivity contribution is 5.87. The van der Waals surface area contributed by atoms with Gasteiger partial charge in [0, 0.05) is 11.8 Å². The lowest BCUT2D eigenvalue weighted by molar-refractivity contribution is 0.373. The Bertz CT molecular complexity index is 680. The van der Waals surface area contributed by atoms with E-state index in [1.54, 1.807) is 24.3 Å². The van der Waals surface area contributed by atoms with Crippen molar-refractivity contribution in [1.82, 2.24) is 0 Å². The van der Waals surface area contributed by atoms with Crippen molar-refractivity contribution in [2.75, 3.05) is 7.11 Å². The van der Waals surface area contributed by atoms with Gasteiger partial charge in [-0.3, -0.25) is 4.99 Å². The number of nitrogens with zero attached hydrogens (tertiary/aromatic N) is 1. The molecule has 4 nitrogen and oxygen atoms in total. The van der Waals surface area contributed by atoms with E-state index in [-0.39, 0.29) is 11.5 Å². The molecular formula is C18H21NO3. The lowest BCUT2D eigenvalue weighted by Gasteiger charge is -2.10. The third kappa shape index (κ3) is 3.39. The first-order valence-electron chi connectivity index (χ1n) is 7.29. The summed E-state index contributed by atoms with van der Waals surface area (Å²) in [5, 5.41) is 20.0. The number of hydrogen-bond acceptors (Lipinski definition) is 4. The van der Waals surface area contributed by atoms with Gasteiger partial charge in [-0.05, 0) is 42.2 Å². The second-order valence-corrected chi connectivity index (χ2v) is 5.21. The van der Waals surface area contributed by atoms with Gasteiger partial charge in [-0.25, -0.2) is 0 Å². The highest BCUT2D eigenvalue weighted by Gasteiger charge is 2.08. The van der Waals surface area contributed by atoms with Gasteiger partial charge in [0.2, 0.25) is 0 Å². The molecule has 0 amide bonds. The van der Waals surface area contributed by atoms with Gasteiger partial charge in [-0.15, -0.1) is 0 Å². The summed E-state index contributed by atoms with van der Waals surface area (Å²) < 4.78 is 5.07. The van der Waals surface area contributed by atoms with Crippen molar-refractivity contribution in [3.8, 4) is 17.2 Å². The highest BCUT2D eigenvalue weighted by Crippen LogP contribution is 2.32. The molecule has 116 valence electrons. The molecule has 0 aliphatic rings. The van der Waals surface area contributed by atoms with Crippen LogP contribution in [0.4, 0.5) is 5.69 Å². The van der Waals surface area contributed by atoms with Crippen LogP contribution in [0.1, 0.15) is 37.3 Å². The molecule has 0 saturated carbocycles. The number of aromatic hydroxyl groups is 2. The molecular weight excluding hydrogens is 278 g/mol. The second kappa shape index (κ2) is 6.98. The zero-order chi connectivity index (χ0) is 16.1. The highest BCUT2D eigenvalue weighted by atomic mass is 16.5. The average Bonchev–Trinajstić information content (AvgIpc) is 2.54. The van der Waals surface area contributed by atoms with Crippen LogP contribution < -0.4 is 4.74 Å². The predicted octanol–water partition coefficient (Wildman–Crippen LogP) is 4.37. The summed E-state index contributed by atoms with van der Waals surface area (Å²) in [4.78, 5) is 4.30. The Morgan fingerprint density at radius 3 is 2.68 bits per heavy atom. The normalized spacial score (nSPS) is 12.5. The van der Waals surface area contributed by atoms with Crippen molar-refractivity contribution in [1.29, 1.82) is 0 Å². The number of ether oxygens (including phenoxy) is 1. The van der Waals surface area contributed by atoms with Gasteiger partial charge in [0.05, 0.1) is 7.11 Å². The zero-order valence-electron chi connectivity index (χ0n) is 13.1. The van der Waals surface area contributed by atoms with Crippen molar-refractivity contribution >= 4 is 11.9 Å². The van der Waals surface area contributed by atoms with Gasteiger partial charge < -0.3 is 14.9 Å². The largest absolute Gasteiger partial charge is 0.506 e. The number of para-hydroxylation sites is 1. The first kappa shape index (κ1) is 15.9. The molecule has 0 aliphatic carbocycles. The minimum absolute atomic E-state index is 0.0336. The molecule has 2 rings (SSSR count). The zero-order valence-corrected chi connectivity index (χ0v) is 13.1. The molecule has 0 fully saturated rings. The number of methoxy groups -OCH3 is 1. The lowest BCUT2D eigenvalue weighted by Crippen LogP contribution is -1.91. The van der Waals surface area contributed by atoms with E-state index in [2.05, 4.69) is 18.8 Å². The molecule has 4 heteroatoms. The fraction of sp³-hybridized carbons (Fsp3) is 0.278. The summed E-state index contributed by atoms with van der Waals surface area (Å²) in [7, 11) is 1.50. The summed E-state index contributed by atoms with van der Waals surface area (Å²) in [5.41, 5.74) is 2.15. The van der Waals surface area contributed by atoms with Crippen LogP contribution >= 0.6 is 0 Å². The van der Waals surface area contributed by atoms with Crippen LogP contribution in [0, 0.1) is 0 Å². The van der Waals surface area contributed by atoms with E-state index in [9.17, 15) is 10.2 Å². The molecule has 0 aliphatic heterocycles. The molecule has 0 aromatic heterocycles. The number of aliphatic imine (C=N–C) groups is 1. The van der Waals surface area contributed by atoms with E-state index < -0.39 is 0 Å². The molecule has 2 aromatic rings. The maximum atomic E-state index is 10.0. The Balaban J connectivity index is 2.34. The topological polar surface area (TPSA) is 62.1 Å². The van der Waals surface area contributed by atoms with Gasteiger partial charge in [0.1, 0.15) is 11.4 Å². The molecule has 0 heterocycles. The van der Waals surface area contributed by atoms with Crippen molar-refractivity contribution < 1.29 is 14.9 Å².